The molecule has 27 heavy (non-hydrogen) atoms. The molecule has 1 saturated carbocycles. The van der Waals surface area contributed by atoms with E-state index in [4.69, 9.17) is 0 Å². The van der Waals surface area contributed by atoms with Crippen molar-refractivity contribution in [1.82, 2.24) is 5.32 Å². The van der Waals surface area contributed by atoms with Crippen LogP contribution in [0.3, 0.4) is 0 Å². The van der Waals surface area contributed by atoms with Crippen molar-refractivity contribution in [1.29, 1.82) is 0 Å². The van der Waals surface area contributed by atoms with Crippen molar-refractivity contribution < 1.29 is 14.4 Å². The molecule has 4 rings (SSSR count). The van der Waals surface area contributed by atoms with E-state index in [1.54, 1.807) is 36.4 Å². The van der Waals surface area contributed by atoms with Crippen LogP contribution in [0.1, 0.15) is 40.5 Å². The summed E-state index contributed by atoms with van der Waals surface area (Å²) in [5.41, 5.74) is 1.95. The minimum Gasteiger partial charge on any atom is -0.349 e. The van der Waals surface area contributed by atoms with Crippen molar-refractivity contribution in [2.24, 2.45) is 0 Å². The van der Waals surface area contributed by atoms with Crippen LogP contribution >= 0.6 is 11.8 Å². The molecule has 3 N–H and O–H groups in total. The van der Waals surface area contributed by atoms with Crippen LogP contribution in [-0.2, 0) is 4.79 Å². The Morgan fingerprint density at radius 3 is 2.67 bits per heavy atom. The monoisotopic (exact) mass is 381 g/mol. The van der Waals surface area contributed by atoms with Gasteiger partial charge in [-0.1, -0.05) is 12.1 Å². The van der Waals surface area contributed by atoms with Gasteiger partial charge in [-0.25, -0.2) is 0 Å². The molecular formula is C20H19N3O3S. The Morgan fingerprint density at radius 1 is 1.11 bits per heavy atom. The molecule has 3 amide bonds. The van der Waals surface area contributed by atoms with E-state index in [1.165, 1.54) is 11.8 Å². The van der Waals surface area contributed by atoms with Crippen LogP contribution in [0.15, 0.2) is 47.4 Å². The van der Waals surface area contributed by atoms with E-state index in [-0.39, 0.29) is 29.0 Å². The second-order valence-corrected chi connectivity index (χ2v) is 8.09. The lowest BCUT2D eigenvalue weighted by Crippen LogP contribution is -2.27. The average molecular weight is 381 g/mol. The number of fused-ring (bicyclic) bond motifs is 1. The van der Waals surface area contributed by atoms with Crippen molar-refractivity contribution in [3.8, 4) is 0 Å². The minimum absolute atomic E-state index is 0.0767. The highest BCUT2D eigenvalue weighted by atomic mass is 32.2. The zero-order chi connectivity index (χ0) is 19.0. The highest BCUT2D eigenvalue weighted by Gasteiger charge is 2.26. The number of benzene rings is 2. The number of hydrogen-bond donors (Lipinski definition) is 3. The summed E-state index contributed by atoms with van der Waals surface area (Å²) in [6, 6.07) is 12.4. The lowest BCUT2D eigenvalue weighted by atomic mass is 10.1. The van der Waals surface area contributed by atoms with Crippen molar-refractivity contribution >= 4 is 40.9 Å². The molecule has 0 radical (unpaired) electrons. The first-order chi connectivity index (χ1) is 13.0. The standard InChI is InChI=1S/C20H19N3O3S/c1-11-18(24)23-16-10-12(6-9-17(16)27-11)19(25)22-15-5-3-2-4-14(15)20(26)21-13-7-8-13/h2-6,9-11,13H,7-8H2,1H3,(H,21,26)(H,22,25)(H,23,24)/t11-/m0/s1. The molecule has 0 bridgehead atoms. The van der Waals surface area contributed by atoms with Gasteiger partial charge in [-0.3, -0.25) is 14.4 Å². The fourth-order valence-corrected chi connectivity index (χ4v) is 3.76. The number of carbonyl (C=O) groups is 3. The fourth-order valence-electron chi connectivity index (χ4n) is 2.83. The van der Waals surface area contributed by atoms with Gasteiger partial charge in [-0.05, 0) is 50.1 Å². The quantitative estimate of drug-likeness (QED) is 0.759. The molecule has 1 fully saturated rings. The second-order valence-electron chi connectivity index (χ2n) is 6.71. The molecule has 0 aromatic heterocycles. The van der Waals surface area contributed by atoms with Gasteiger partial charge < -0.3 is 16.0 Å². The summed E-state index contributed by atoms with van der Waals surface area (Å²) in [4.78, 5) is 37.9. The van der Waals surface area contributed by atoms with E-state index in [2.05, 4.69) is 16.0 Å². The zero-order valence-electron chi connectivity index (χ0n) is 14.7. The van der Waals surface area contributed by atoms with E-state index >= 15 is 0 Å². The van der Waals surface area contributed by atoms with E-state index in [9.17, 15) is 14.4 Å². The highest BCUT2D eigenvalue weighted by molar-refractivity contribution is 8.00. The third kappa shape index (κ3) is 3.83. The Balaban J connectivity index is 1.54. The summed E-state index contributed by atoms with van der Waals surface area (Å²) in [7, 11) is 0. The first kappa shape index (κ1) is 17.6. The van der Waals surface area contributed by atoms with E-state index in [0.29, 0.717) is 22.5 Å². The molecule has 1 aliphatic heterocycles. The molecule has 2 aromatic carbocycles. The van der Waals surface area contributed by atoms with Crippen molar-refractivity contribution in [3.05, 3.63) is 53.6 Å². The molecule has 2 aliphatic rings. The molecule has 0 spiro atoms. The number of anilines is 2. The van der Waals surface area contributed by atoms with Gasteiger partial charge >= 0.3 is 0 Å². The van der Waals surface area contributed by atoms with Gasteiger partial charge in [-0.2, -0.15) is 0 Å². The number of hydrogen-bond acceptors (Lipinski definition) is 4. The Kier molecular flexibility index (Phi) is 4.61. The summed E-state index contributed by atoms with van der Waals surface area (Å²) in [6.07, 6.45) is 2.00. The number of rotatable bonds is 4. The topological polar surface area (TPSA) is 87.3 Å². The van der Waals surface area contributed by atoms with Crippen LogP contribution in [0.2, 0.25) is 0 Å². The van der Waals surface area contributed by atoms with Gasteiger partial charge in [0.2, 0.25) is 5.91 Å². The number of carbonyl (C=O) groups excluding carboxylic acids is 3. The fraction of sp³-hybridized carbons (Fsp3) is 0.250. The van der Waals surface area contributed by atoms with Crippen molar-refractivity contribution in [3.63, 3.8) is 0 Å². The molecular weight excluding hydrogens is 362 g/mol. The van der Waals surface area contributed by atoms with Gasteiger partial charge in [0, 0.05) is 16.5 Å². The lowest BCUT2D eigenvalue weighted by Gasteiger charge is -2.21. The third-order valence-corrected chi connectivity index (χ3v) is 5.68. The maximum atomic E-state index is 12.7. The number of amides is 3. The predicted molar refractivity (Wildman–Crippen MR) is 105 cm³/mol. The van der Waals surface area contributed by atoms with E-state index in [0.717, 1.165) is 17.7 Å². The Bertz CT molecular complexity index is 940. The maximum Gasteiger partial charge on any atom is 0.255 e. The number of thioether (sulfide) groups is 1. The van der Waals surface area contributed by atoms with Gasteiger partial charge in [-0.15, -0.1) is 11.8 Å². The summed E-state index contributed by atoms with van der Waals surface area (Å²) in [6.45, 7) is 1.84. The normalized spacial score (nSPS) is 18.3. The van der Waals surface area contributed by atoms with Gasteiger partial charge in [0.05, 0.1) is 22.2 Å². The molecule has 1 aliphatic carbocycles. The summed E-state index contributed by atoms with van der Waals surface area (Å²) in [5.74, 6) is -0.592. The predicted octanol–water partition coefficient (Wildman–Crippen LogP) is 3.26. The smallest absolute Gasteiger partial charge is 0.255 e. The lowest BCUT2D eigenvalue weighted by molar-refractivity contribution is -0.115. The van der Waals surface area contributed by atoms with Crippen LogP contribution in [-0.4, -0.2) is 29.0 Å². The Labute approximate surface area is 161 Å². The van der Waals surface area contributed by atoms with Gasteiger partial charge in [0.1, 0.15) is 0 Å². The van der Waals surface area contributed by atoms with Crippen LogP contribution in [0.25, 0.3) is 0 Å². The van der Waals surface area contributed by atoms with Crippen LogP contribution < -0.4 is 16.0 Å². The maximum absolute atomic E-state index is 12.7. The number of para-hydroxylation sites is 1. The van der Waals surface area contributed by atoms with E-state index < -0.39 is 0 Å². The molecule has 0 saturated heterocycles. The zero-order valence-corrected chi connectivity index (χ0v) is 15.6. The van der Waals surface area contributed by atoms with Crippen molar-refractivity contribution in [2.75, 3.05) is 10.6 Å². The van der Waals surface area contributed by atoms with Crippen molar-refractivity contribution in [2.45, 2.75) is 36.0 Å². The molecule has 1 heterocycles. The van der Waals surface area contributed by atoms with E-state index in [1.807, 2.05) is 13.0 Å². The molecule has 2 aromatic rings. The Hall–Kier alpha value is -2.80. The number of nitrogens with one attached hydrogen (secondary N) is 3. The van der Waals surface area contributed by atoms with Gasteiger partial charge in [0.15, 0.2) is 0 Å². The molecule has 0 unspecified atom stereocenters. The second kappa shape index (κ2) is 7.08. The molecule has 6 nitrogen and oxygen atoms in total. The van der Waals surface area contributed by atoms with Crippen LogP contribution in [0.5, 0.6) is 0 Å². The Morgan fingerprint density at radius 2 is 1.89 bits per heavy atom. The molecule has 138 valence electrons. The molecule has 1 atom stereocenters. The van der Waals surface area contributed by atoms with Crippen LogP contribution in [0.4, 0.5) is 11.4 Å². The molecule has 7 heteroatoms. The minimum atomic E-state index is -0.331. The van der Waals surface area contributed by atoms with Crippen LogP contribution in [0, 0.1) is 0 Å². The third-order valence-electron chi connectivity index (χ3n) is 4.51. The first-order valence-electron chi connectivity index (χ1n) is 8.84. The first-order valence-corrected chi connectivity index (χ1v) is 9.72. The SMILES string of the molecule is C[C@@H]1Sc2ccc(C(=O)Nc3ccccc3C(=O)NC3CC3)cc2NC1=O. The van der Waals surface area contributed by atoms with Gasteiger partial charge in [0.25, 0.3) is 11.8 Å². The largest absolute Gasteiger partial charge is 0.349 e. The highest BCUT2D eigenvalue weighted by Crippen LogP contribution is 2.36. The summed E-state index contributed by atoms with van der Waals surface area (Å²) in [5, 5.41) is 8.41. The average Bonchev–Trinajstić information content (AvgIpc) is 3.46. The summed E-state index contributed by atoms with van der Waals surface area (Å²) < 4.78 is 0. The summed E-state index contributed by atoms with van der Waals surface area (Å²) >= 11 is 1.47.